The maximum Gasteiger partial charge on any atom is 0.266 e. The van der Waals surface area contributed by atoms with E-state index in [1.165, 1.54) is 18.2 Å². The molecule has 4 N–H and O–H groups in total. The van der Waals surface area contributed by atoms with Gasteiger partial charge in [-0.2, -0.15) is 0 Å². The molecule has 4 fully saturated rings. The zero-order valence-corrected chi connectivity index (χ0v) is 28.8. The Labute approximate surface area is 296 Å². The van der Waals surface area contributed by atoms with Crippen LogP contribution in [0, 0.1) is 5.41 Å². The van der Waals surface area contributed by atoms with Crippen molar-refractivity contribution in [3.8, 4) is 5.75 Å². The summed E-state index contributed by atoms with van der Waals surface area (Å²) in [6.07, 6.45) is 7.12. The van der Waals surface area contributed by atoms with Crippen molar-refractivity contribution in [3.63, 3.8) is 0 Å². The van der Waals surface area contributed by atoms with Crippen LogP contribution in [0.5, 0.6) is 5.75 Å². The molecule has 1 saturated heterocycles. The third-order valence-electron chi connectivity index (χ3n) is 10.2. The molecular weight excluding hydrogens is 666 g/mol. The summed E-state index contributed by atoms with van der Waals surface area (Å²) in [7, 11) is 0. The highest BCUT2D eigenvalue weighted by atomic mass is 16.5. The van der Waals surface area contributed by atoms with Crippen molar-refractivity contribution in [2.24, 2.45) is 5.41 Å². The van der Waals surface area contributed by atoms with Gasteiger partial charge in [0.1, 0.15) is 11.8 Å². The van der Waals surface area contributed by atoms with E-state index in [4.69, 9.17) is 18.9 Å². The lowest BCUT2D eigenvalue weighted by atomic mass is 9.57. The normalized spacial score (nSPS) is 23.8. The highest BCUT2D eigenvalue weighted by Gasteiger charge is 2.52. The van der Waals surface area contributed by atoms with Crippen LogP contribution >= 0.6 is 0 Å². The predicted octanol–water partition coefficient (Wildman–Crippen LogP) is 0.368. The molecule has 3 saturated carbocycles. The Kier molecular flexibility index (Phi) is 13.1. The third-order valence-corrected chi connectivity index (χ3v) is 10.2. The van der Waals surface area contributed by atoms with Gasteiger partial charge in [-0.1, -0.05) is 6.07 Å². The summed E-state index contributed by atoms with van der Waals surface area (Å²) in [5.74, 6) is -2.77. The zero-order chi connectivity index (χ0) is 36.3. The molecule has 0 radical (unpaired) electrons. The summed E-state index contributed by atoms with van der Waals surface area (Å²) in [5, 5.41) is 10.9. The van der Waals surface area contributed by atoms with E-state index in [0.717, 1.165) is 49.8 Å². The SMILES string of the molecule is O=CNC12CCC(C(=O)NCCCOCCOCCOCCCNC(=O)COc3cccc4c3C(=O)N(C3CCC(=O)NC3=O)C4=O)(CC1)CC2. The van der Waals surface area contributed by atoms with Crippen LogP contribution in [0.4, 0.5) is 0 Å². The van der Waals surface area contributed by atoms with Crippen molar-refractivity contribution >= 4 is 41.9 Å². The molecular formula is C35H47N5O11. The van der Waals surface area contributed by atoms with Gasteiger partial charge in [-0.15, -0.1) is 0 Å². The van der Waals surface area contributed by atoms with Crippen molar-refractivity contribution in [2.75, 3.05) is 59.3 Å². The summed E-state index contributed by atoms with van der Waals surface area (Å²) < 4.78 is 22.2. The molecule has 7 amide bonds. The van der Waals surface area contributed by atoms with Crippen LogP contribution in [0.25, 0.3) is 0 Å². The molecule has 1 atom stereocenters. The van der Waals surface area contributed by atoms with E-state index in [1.54, 1.807) is 0 Å². The van der Waals surface area contributed by atoms with Crippen molar-refractivity contribution in [1.29, 1.82) is 0 Å². The molecule has 2 aliphatic heterocycles. The number of nitrogens with one attached hydrogen (secondary N) is 4. The number of hydrogen-bond donors (Lipinski definition) is 4. The van der Waals surface area contributed by atoms with E-state index in [0.29, 0.717) is 65.6 Å². The summed E-state index contributed by atoms with van der Waals surface area (Å²) in [6.45, 7) is 3.08. The van der Waals surface area contributed by atoms with Crippen LogP contribution in [0.15, 0.2) is 18.2 Å². The average Bonchev–Trinajstić information content (AvgIpc) is 3.38. The second-order valence-electron chi connectivity index (χ2n) is 13.4. The summed E-state index contributed by atoms with van der Waals surface area (Å²) >= 11 is 0. The van der Waals surface area contributed by atoms with Crippen LogP contribution in [0.1, 0.15) is 84.9 Å². The van der Waals surface area contributed by atoms with Crippen molar-refractivity contribution in [3.05, 3.63) is 29.3 Å². The molecule has 1 unspecified atom stereocenters. The number of nitrogens with zero attached hydrogens (tertiary/aromatic N) is 1. The number of hydrogen-bond acceptors (Lipinski definition) is 11. The van der Waals surface area contributed by atoms with E-state index in [-0.39, 0.29) is 53.2 Å². The van der Waals surface area contributed by atoms with Gasteiger partial charge in [-0.25, -0.2) is 0 Å². The second kappa shape index (κ2) is 17.7. The van der Waals surface area contributed by atoms with Crippen molar-refractivity contribution < 1.29 is 52.5 Å². The van der Waals surface area contributed by atoms with E-state index in [9.17, 15) is 33.6 Å². The molecule has 1 aromatic rings. The number of amides is 7. The van der Waals surface area contributed by atoms with Crippen LogP contribution in [-0.4, -0.2) is 118 Å². The highest BCUT2D eigenvalue weighted by Crippen LogP contribution is 2.52. The fourth-order valence-electron chi connectivity index (χ4n) is 7.17. The Hall–Kier alpha value is -4.41. The molecule has 16 heteroatoms. The number of ether oxygens (including phenoxy) is 4. The van der Waals surface area contributed by atoms with E-state index < -0.39 is 35.6 Å². The van der Waals surface area contributed by atoms with Crippen molar-refractivity contribution in [2.45, 2.75) is 75.8 Å². The molecule has 0 aromatic heterocycles. The second-order valence-corrected chi connectivity index (χ2v) is 13.4. The lowest BCUT2D eigenvalue weighted by Gasteiger charge is -2.52. The standard InChI is InChI=1S/C35H47N5O11/c41-23-38-35-11-8-34(9-12-35,10-13-35)33(47)37-15-3-17-49-19-21-50-20-18-48-16-2-14-36-28(43)22-51-26-5-1-4-24-29(26)32(46)40(31(24)45)25-6-7-27(42)39-30(25)44/h1,4-5,23,25H,2-3,6-22H2,(H,36,43)(H,37,47)(H,38,41)(H,39,42,44). The number of piperidine rings is 1. The Bertz CT molecular complexity index is 1460. The maximum absolute atomic E-state index is 13.1. The first-order valence-corrected chi connectivity index (χ1v) is 17.7. The number of imide groups is 2. The summed E-state index contributed by atoms with van der Waals surface area (Å²) in [6, 6.07) is 3.36. The minimum Gasteiger partial charge on any atom is -0.483 e. The number of rotatable bonds is 21. The number of carbonyl (C=O) groups excluding carboxylic acids is 7. The molecule has 5 aliphatic rings. The first-order chi connectivity index (χ1) is 24.7. The molecule has 16 nitrogen and oxygen atoms in total. The topological polar surface area (TPSA) is 208 Å². The van der Waals surface area contributed by atoms with Gasteiger partial charge in [-0.3, -0.25) is 43.8 Å². The Morgan fingerprint density at radius 2 is 1.47 bits per heavy atom. The average molecular weight is 714 g/mol. The Morgan fingerprint density at radius 1 is 0.843 bits per heavy atom. The Morgan fingerprint density at radius 3 is 2.10 bits per heavy atom. The number of benzene rings is 1. The van der Waals surface area contributed by atoms with Gasteiger partial charge in [0.25, 0.3) is 17.7 Å². The fourth-order valence-corrected chi connectivity index (χ4v) is 7.17. The predicted molar refractivity (Wildman–Crippen MR) is 178 cm³/mol. The minimum absolute atomic E-state index is 0.0140. The molecule has 278 valence electrons. The lowest BCUT2D eigenvalue weighted by molar-refractivity contribution is -0.139. The molecule has 0 spiro atoms. The largest absolute Gasteiger partial charge is 0.483 e. The van der Waals surface area contributed by atoms with Crippen LogP contribution in [-0.2, 0) is 38.2 Å². The van der Waals surface area contributed by atoms with E-state index in [1.807, 2.05) is 0 Å². The van der Waals surface area contributed by atoms with Crippen LogP contribution in [0.2, 0.25) is 0 Å². The third kappa shape index (κ3) is 9.28. The van der Waals surface area contributed by atoms with Gasteiger partial charge in [-0.05, 0) is 69.9 Å². The number of fused-ring (bicyclic) bond motifs is 4. The van der Waals surface area contributed by atoms with Gasteiger partial charge >= 0.3 is 0 Å². The quantitative estimate of drug-likeness (QED) is 0.0778. The lowest BCUT2D eigenvalue weighted by Crippen LogP contribution is -2.58. The molecule has 2 heterocycles. The molecule has 6 rings (SSSR count). The fraction of sp³-hybridized carbons (Fsp3) is 0.629. The highest BCUT2D eigenvalue weighted by molar-refractivity contribution is 6.24. The van der Waals surface area contributed by atoms with Crippen LogP contribution in [0.3, 0.4) is 0 Å². The Balaban J connectivity index is 0.844. The summed E-state index contributed by atoms with van der Waals surface area (Å²) in [5.41, 5.74) is -0.355. The first kappa shape index (κ1) is 37.8. The summed E-state index contributed by atoms with van der Waals surface area (Å²) in [4.78, 5) is 86.8. The van der Waals surface area contributed by atoms with Gasteiger partial charge in [0.15, 0.2) is 6.61 Å². The van der Waals surface area contributed by atoms with Crippen molar-refractivity contribution in [1.82, 2.24) is 26.2 Å². The van der Waals surface area contributed by atoms with E-state index in [2.05, 4.69) is 21.3 Å². The van der Waals surface area contributed by atoms with Gasteiger partial charge < -0.3 is 34.9 Å². The monoisotopic (exact) mass is 713 g/mol. The van der Waals surface area contributed by atoms with Gasteiger partial charge in [0.05, 0.1) is 37.6 Å². The molecule has 3 aliphatic carbocycles. The number of carbonyl (C=O) groups is 7. The van der Waals surface area contributed by atoms with Gasteiger partial charge in [0.2, 0.25) is 24.1 Å². The van der Waals surface area contributed by atoms with Gasteiger partial charge in [0, 0.05) is 43.7 Å². The smallest absolute Gasteiger partial charge is 0.266 e. The maximum atomic E-state index is 13.1. The molecule has 1 aromatic carbocycles. The van der Waals surface area contributed by atoms with E-state index >= 15 is 0 Å². The zero-order valence-electron chi connectivity index (χ0n) is 28.8. The molecule has 51 heavy (non-hydrogen) atoms. The first-order valence-electron chi connectivity index (χ1n) is 17.7. The molecule has 2 bridgehead atoms. The van der Waals surface area contributed by atoms with Crippen LogP contribution < -0.4 is 26.0 Å². The minimum atomic E-state index is -1.09.